The number of rotatable bonds is 10. The quantitative estimate of drug-likeness (QED) is 0.112. The second-order valence-corrected chi connectivity index (χ2v) is 12.4. The molecule has 0 heterocycles. The van der Waals surface area contributed by atoms with Crippen LogP contribution in [0.2, 0.25) is 0 Å². The Balaban J connectivity index is 0.000000250. The normalized spacial score (nSPS) is 11.2. The lowest BCUT2D eigenvalue weighted by Gasteiger charge is -2.20. The van der Waals surface area contributed by atoms with E-state index in [0.717, 1.165) is 34.4 Å². The predicted molar refractivity (Wildman–Crippen MR) is 171 cm³/mol. The molecule has 43 heavy (non-hydrogen) atoms. The molecule has 0 aliphatic carbocycles. The largest absolute Gasteiger partial charge is 0.458 e. The fraction of sp³-hybridized carbons (Fsp3) is 0.139. The van der Waals surface area contributed by atoms with Gasteiger partial charge in [-0.05, 0) is 37.5 Å². The van der Waals surface area contributed by atoms with Crippen LogP contribution in [0.4, 0.5) is 0 Å². The van der Waals surface area contributed by atoms with E-state index in [-0.39, 0.29) is 12.1 Å². The molecule has 4 aromatic rings. The first-order valence-electron chi connectivity index (χ1n) is 13.6. The third kappa shape index (κ3) is 8.37. The summed E-state index contributed by atoms with van der Waals surface area (Å²) in [5, 5.41) is 1.15. The van der Waals surface area contributed by atoms with Gasteiger partial charge < -0.3 is 14.0 Å². The van der Waals surface area contributed by atoms with Gasteiger partial charge in [0.05, 0.1) is 0 Å². The fourth-order valence-corrected chi connectivity index (χ4v) is 7.22. The molecule has 0 aromatic heterocycles. The predicted octanol–water partition coefficient (Wildman–Crippen LogP) is 6.95. The Hall–Kier alpha value is -4.80. The lowest BCUT2D eigenvalue weighted by atomic mass is 10.0. The highest BCUT2D eigenvalue weighted by molar-refractivity contribution is 7.93. The van der Waals surface area contributed by atoms with Crippen molar-refractivity contribution in [2.45, 2.75) is 26.9 Å². The summed E-state index contributed by atoms with van der Waals surface area (Å²) >= 11 is 0. The maximum atomic E-state index is 14.2. The summed E-state index contributed by atoms with van der Waals surface area (Å²) in [6.45, 7) is 12.4. The third-order valence-electron chi connectivity index (χ3n) is 6.56. The molecular formula is C36H35O6P. The lowest BCUT2D eigenvalue weighted by Crippen LogP contribution is -2.23. The number of benzene rings is 4. The van der Waals surface area contributed by atoms with Crippen LogP contribution >= 0.6 is 7.14 Å². The van der Waals surface area contributed by atoms with Crippen molar-refractivity contribution in [2.24, 2.45) is 0 Å². The zero-order chi connectivity index (χ0) is 31.4. The molecule has 0 radical (unpaired) electrons. The van der Waals surface area contributed by atoms with Crippen LogP contribution in [0.3, 0.4) is 0 Å². The van der Waals surface area contributed by atoms with Gasteiger partial charge in [0, 0.05) is 28.3 Å². The Labute approximate surface area is 253 Å². The Morgan fingerprint density at radius 1 is 0.721 bits per heavy atom. The van der Waals surface area contributed by atoms with Gasteiger partial charge in [-0.1, -0.05) is 122 Å². The zero-order valence-corrected chi connectivity index (χ0v) is 25.5. The van der Waals surface area contributed by atoms with Crippen LogP contribution in [0.1, 0.15) is 38.7 Å². The Kier molecular flexibility index (Phi) is 11.7. The minimum Gasteiger partial charge on any atom is -0.458 e. The van der Waals surface area contributed by atoms with Gasteiger partial charge in [-0.2, -0.15) is 0 Å². The molecule has 4 rings (SSSR count). The summed E-state index contributed by atoms with van der Waals surface area (Å²) in [4.78, 5) is 35.8. The van der Waals surface area contributed by atoms with Gasteiger partial charge in [-0.15, -0.1) is 0 Å². The number of hydrogen-bond acceptors (Lipinski definition) is 6. The molecule has 6 nitrogen and oxygen atoms in total. The summed E-state index contributed by atoms with van der Waals surface area (Å²) in [5.74, 6) is -1.14. The van der Waals surface area contributed by atoms with Crippen molar-refractivity contribution in [2.75, 3.05) is 6.61 Å². The molecule has 0 saturated carbocycles. The highest BCUT2D eigenvalue weighted by Gasteiger charge is 2.37. The molecule has 0 saturated heterocycles. The molecule has 0 spiro atoms. The van der Waals surface area contributed by atoms with Gasteiger partial charge in [0.1, 0.15) is 6.61 Å². The minimum atomic E-state index is -3.44. The number of carbonyl (C=O) groups excluding carboxylic acids is 3. The third-order valence-corrected chi connectivity index (χ3v) is 9.40. The molecule has 0 amide bonds. The highest BCUT2D eigenvalue weighted by Crippen LogP contribution is 2.47. The summed E-state index contributed by atoms with van der Waals surface area (Å²) in [6.07, 6.45) is 1.46. The van der Waals surface area contributed by atoms with E-state index in [1.165, 1.54) is 0 Å². The first-order chi connectivity index (χ1) is 20.6. The summed E-state index contributed by atoms with van der Waals surface area (Å²) in [7, 11) is -3.44. The average molecular weight is 595 g/mol. The number of carbonyl (C=O) groups is 3. The van der Waals surface area contributed by atoms with Gasteiger partial charge in [0.2, 0.25) is 12.7 Å². The molecule has 0 fully saturated rings. The van der Waals surface area contributed by atoms with Crippen LogP contribution in [0.5, 0.6) is 0 Å². The van der Waals surface area contributed by atoms with Gasteiger partial charge in [0.25, 0.3) is 0 Å². The van der Waals surface area contributed by atoms with Crippen molar-refractivity contribution < 1.29 is 28.4 Å². The van der Waals surface area contributed by atoms with Gasteiger partial charge >= 0.3 is 11.9 Å². The fourth-order valence-electron chi connectivity index (χ4n) is 4.61. The zero-order valence-electron chi connectivity index (χ0n) is 24.6. The van der Waals surface area contributed by atoms with Gasteiger partial charge in [0.15, 0.2) is 6.10 Å². The van der Waals surface area contributed by atoms with Crippen molar-refractivity contribution in [3.05, 3.63) is 156 Å². The Morgan fingerprint density at radius 2 is 1.16 bits per heavy atom. The SMILES string of the molecule is C=CC(=O)OCC(OC(=O)C=C)c1ccccc1.Cc1cc(C)c(C(=O)P(=O)(c2ccccc2)c2ccccc2)c(C)c1. The molecule has 220 valence electrons. The Morgan fingerprint density at radius 3 is 1.60 bits per heavy atom. The van der Waals surface area contributed by atoms with Crippen LogP contribution < -0.4 is 10.6 Å². The lowest BCUT2D eigenvalue weighted by molar-refractivity contribution is -0.153. The molecule has 0 N–H and O–H groups in total. The van der Waals surface area contributed by atoms with Crippen LogP contribution in [-0.2, 0) is 23.6 Å². The van der Waals surface area contributed by atoms with Crippen LogP contribution in [0.25, 0.3) is 0 Å². The molecule has 4 aromatic carbocycles. The average Bonchev–Trinajstić information content (AvgIpc) is 3.03. The molecular weight excluding hydrogens is 559 g/mol. The molecule has 0 aliphatic heterocycles. The number of hydrogen-bond donors (Lipinski definition) is 0. The van der Waals surface area contributed by atoms with Crippen molar-refractivity contribution in [3.8, 4) is 0 Å². The van der Waals surface area contributed by atoms with E-state index in [9.17, 15) is 18.9 Å². The van der Waals surface area contributed by atoms with E-state index in [4.69, 9.17) is 9.47 Å². The molecule has 7 heteroatoms. The van der Waals surface area contributed by atoms with E-state index in [1.54, 1.807) is 48.5 Å². The number of aryl methyl sites for hydroxylation is 3. The monoisotopic (exact) mass is 594 g/mol. The van der Waals surface area contributed by atoms with Crippen molar-refractivity contribution in [3.63, 3.8) is 0 Å². The van der Waals surface area contributed by atoms with Crippen LogP contribution in [0.15, 0.2) is 128 Å². The van der Waals surface area contributed by atoms with Crippen molar-refractivity contribution in [1.29, 1.82) is 0 Å². The summed E-state index contributed by atoms with van der Waals surface area (Å²) in [6, 6.07) is 31.1. The van der Waals surface area contributed by atoms with E-state index in [2.05, 4.69) is 13.2 Å². The number of ether oxygens (including phenoxy) is 2. The maximum absolute atomic E-state index is 14.2. The highest BCUT2D eigenvalue weighted by atomic mass is 31.2. The molecule has 1 unspecified atom stereocenters. The first-order valence-corrected chi connectivity index (χ1v) is 15.3. The smallest absolute Gasteiger partial charge is 0.330 e. The second kappa shape index (κ2) is 15.4. The van der Waals surface area contributed by atoms with Gasteiger partial charge in [-0.25, -0.2) is 9.59 Å². The second-order valence-electron chi connectivity index (χ2n) is 9.73. The van der Waals surface area contributed by atoms with Crippen molar-refractivity contribution >= 4 is 35.2 Å². The Bertz CT molecular complexity index is 1560. The topological polar surface area (TPSA) is 86.7 Å². The molecule has 0 aliphatic rings. The first kappa shape index (κ1) is 32.7. The maximum Gasteiger partial charge on any atom is 0.330 e. The summed E-state index contributed by atoms with van der Waals surface area (Å²) in [5.41, 5.74) is 3.86. The van der Waals surface area contributed by atoms with E-state index >= 15 is 0 Å². The van der Waals surface area contributed by atoms with Crippen LogP contribution in [-0.4, -0.2) is 24.1 Å². The van der Waals surface area contributed by atoms with Crippen molar-refractivity contribution in [1.82, 2.24) is 0 Å². The van der Waals surface area contributed by atoms with Gasteiger partial charge in [-0.3, -0.25) is 4.79 Å². The minimum absolute atomic E-state index is 0.0611. The number of esters is 2. The van der Waals surface area contributed by atoms with E-state index in [1.807, 2.05) is 75.4 Å². The van der Waals surface area contributed by atoms with E-state index in [0.29, 0.717) is 16.2 Å². The standard InChI is InChI=1S/C22H21O2P.C14H14O4/c1-16-14-17(2)21(18(3)15-16)22(23)25(24,19-10-6-4-7-11-19)20-12-8-5-9-13-20;1-3-13(15)17-10-12(18-14(16)4-2)11-8-6-5-7-9-11/h4-15H,1-3H3;3-9,12H,1-2,10H2. The summed E-state index contributed by atoms with van der Waals surface area (Å²) < 4.78 is 24.2. The molecule has 0 bridgehead atoms. The van der Waals surface area contributed by atoms with Crippen LogP contribution in [0, 0.1) is 20.8 Å². The molecule has 1 atom stereocenters. The van der Waals surface area contributed by atoms with E-state index < -0.39 is 25.2 Å².